The molecule has 0 saturated carbocycles. The number of fused-ring (bicyclic) bond motifs is 7. The Morgan fingerprint density at radius 3 is 2.36 bits per heavy atom. The SMILES string of the molecule is Cc1ccc2c(oc3ccc4c5ccccc5oc4c32)c1-c1cccc[n+]1C. The summed E-state index contributed by atoms with van der Waals surface area (Å²) in [6.07, 6.45) is 2.06. The summed E-state index contributed by atoms with van der Waals surface area (Å²) >= 11 is 0. The van der Waals surface area contributed by atoms with Gasteiger partial charge in [0.15, 0.2) is 6.20 Å². The van der Waals surface area contributed by atoms with Crippen molar-refractivity contribution in [3.63, 3.8) is 0 Å². The van der Waals surface area contributed by atoms with Crippen molar-refractivity contribution >= 4 is 43.9 Å². The minimum Gasteiger partial charge on any atom is -0.455 e. The topological polar surface area (TPSA) is 30.2 Å². The summed E-state index contributed by atoms with van der Waals surface area (Å²) in [5, 5.41) is 4.39. The van der Waals surface area contributed by atoms with Crippen molar-refractivity contribution in [3.05, 3.63) is 78.5 Å². The molecule has 6 aromatic rings. The van der Waals surface area contributed by atoms with Crippen LogP contribution in [0.5, 0.6) is 0 Å². The average Bonchev–Trinajstić information content (AvgIpc) is 3.26. The lowest BCUT2D eigenvalue weighted by atomic mass is 10.00. The van der Waals surface area contributed by atoms with E-state index in [4.69, 9.17) is 8.83 Å². The van der Waals surface area contributed by atoms with E-state index in [0.29, 0.717) is 0 Å². The molecule has 134 valence electrons. The van der Waals surface area contributed by atoms with E-state index in [-0.39, 0.29) is 0 Å². The Morgan fingerprint density at radius 1 is 0.679 bits per heavy atom. The summed E-state index contributed by atoms with van der Waals surface area (Å²) in [7, 11) is 2.06. The van der Waals surface area contributed by atoms with E-state index < -0.39 is 0 Å². The normalized spacial score (nSPS) is 11.9. The van der Waals surface area contributed by atoms with Crippen LogP contribution in [-0.2, 0) is 7.05 Å². The van der Waals surface area contributed by atoms with Gasteiger partial charge < -0.3 is 8.83 Å². The van der Waals surface area contributed by atoms with Gasteiger partial charge in [-0.15, -0.1) is 0 Å². The van der Waals surface area contributed by atoms with Gasteiger partial charge in [-0.1, -0.05) is 30.3 Å². The van der Waals surface area contributed by atoms with Gasteiger partial charge in [-0.3, -0.25) is 0 Å². The minimum atomic E-state index is 0.854. The minimum absolute atomic E-state index is 0.854. The number of nitrogens with zero attached hydrogens (tertiary/aromatic N) is 1. The third kappa shape index (κ3) is 1.96. The van der Waals surface area contributed by atoms with Gasteiger partial charge in [0.1, 0.15) is 29.4 Å². The van der Waals surface area contributed by atoms with E-state index >= 15 is 0 Å². The molecule has 3 aromatic heterocycles. The third-order valence-corrected chi connectivity index (χ3v) is 5.67. The molecule has 0 radical (unpaired) electrons. The molecule has 3 heterocycles. The number of para-hydroxylation sites is 1. The van der Waals surface area contributed by atoms with Crippen LogP contribution in [0, 0.1) is 6.92 Å². The van der Waals surface area contributed by atoms with Gasteiger partial charge in [0.25, 0.3) is 0 Å². The van der Waals surface area contributed by atoms with E-state index in [1.54, 1.807) is 0 Å². The molecular formula is C25H18NO2+. The summed E-state index contributed by atoms with van der Waals surface area (Å²) in [5.74, 6) is 0. The number of rotatable bonds is 1. The summed E-state index contributed by atoms with van der Waals surface area (Å²) < 4.78 is 14.8. The standard InChI is InChI=1S/C25H18NO2/c1-15-10-11-18-23-21(28-25(18)22(15)19-8-5-6-14-26(19)2)13-12-17-16-7-3-4-9-20(16)27-24(17)23/h3-14H,1-2H3/q+1. The van der Waals surface area contributed by atoms with Gasteiger partial charge in [0.05, 0.1) is 10.9 Å². The number of hydrogen-bond acceptors (Lipinski definition) is 2. The second-order valence-electron chi connectivity index (χ2n) is 7.35. The Labute approximate surface area is 161 Å². The zero-order chi connectivity index (χ0) is 18.8. The molecule has 0 aliphatic rings. The van der Waals surface area contributed by atoms with Crippen molar-refractivity contribution in [2.24, 2.45) is 7.05 Å². The van der Waals surface area contributed by atoms with Gasteiger partial charge >= 0.3 is 0 Å². The number of pyridine rings is 1. The fraction of sp³-hybridized carbons (Fsp3) is 0.0800. The van der Waals surface area contributed by atoms with Crippen molar-refractivity contribution in [3.8, 4) is 11.3 Å². The number of aromatic nitrogens is 1. The molecule has 0 unspecified atom stereocenters. The average molecular weight is 364 g/mol. The molecule has 28 heavy (non-hydrogen) atoms. The van der Waals surface area contributed by atoms with Gasteiger partial charge in [-0.2, -0.15) is 0 Å². The molecule has 0 saturated heterocycles. The van der Waals surface area contributed by atoms with Crippen LogP contribution in [0.1, 0.15) is 5.56 Å². The fourth-order valence-electron chi connectivity index (χ4n) is 4.31. The highest BCUT2D eigenvalue weighted by atomic mass is 16.3. The van der Waals surface area contributed by atoms with E-state index in [2.05, 4.69) is 67.2 Å². The highest BCUT2D eigenvalue weighted by Crippen LogP contribution is 2.42. The van der Waals surface area contributed by atoms with Crippen LogP contribution in [0.15, 0.2) is 81.8 Å². The lowest BCUT2D eigenvalue weighted by molar-refractivity contribution is -0.660. The number of aryl methyl sites for hydroxylation is 2. The van der Waals surface area contributed by atoms with E-state index in [0.717, 1.165) is 55.1 Å². The predicted molar refractivity (Wildman–Crippen MR) is 112 cm³/mol. The van der Waals surface area contributed by atoms with Crippen molar-refractivity contribution in [2.45, 2.75) is 6.92 Å². The molecule has 0 bridgehead atoms. The molecule has 0 fully saturated rings. The molecule has 0 atom stereocenters. The van der Waals surface area contributed by atoms with Crippen molar-refractivity contribution in [1.82, 2.24) is 0 Å². The highest BCUT2D eigenvalue weighted by Gasteiger charge is 2.22. The molecule has 0 N–H and O–H groups in total. The molecule has 0 aliphatic heterocycles. The summed E-state index contributed by atoms with van der Waals surface area (Å²) in [5.41, 5.74) is 7.00. The van der Waals surface area contributed by atoms with Crippen LogP contribution in [0.2, 0.25) is 0 Å². The van der Waals surface area contributed by atoms with Crippen LogP contribution < -0.4 is 4.57 Å². The third-order valence-electron chi connectivity index (χ3n) is 5.67. The van der Waals surface area contributed by atoms with Crippen LogP contribution in [0.25, 0.3) is 55.1 Å². The predicted octanol–water partition coefficient (Wildman–Crippen LogP) is 6.29. The maximum Gasteiger partial charge on any atom is 0.216 e. The Hall–Kier alpha value is -3.59. The van der Waals surface area contributed by atoms with Crippen LogP contribution >= 0.6 is 0 Å². The molecule has 0 amide bonds. The zero-order valence-corrected chi connectivity index (χ0v) is 15.7. The van der Waals surface area contributed by atoms with E-state index in [1.165, 1.54) is 5.56 Å². The Kier molecular flexibility index (Phi) is 3.01. The first-order valence-electron chi connectivity index (χ1n) is 9.43. The molecule has 3 nitrogen and oxygen atoms in total. The van der Waals surface area contributed by atoms with Crippen molar-refractivity contribution in [1.29, 1.82) is 0 Å². The largest absolute Gasteiger partial charge is 0.455 e. The smallest absolute Gasteiger partial charge is 0.216 e. The van der Waals surface area contributed by atoms with Crippen molar-refractivity contribution in [2.75, 3.05) is 0 Å². The summed E-state index contributed by atoms with van der Waals surface area (Å²) in [4.78, 5) is 0. The first-order valence-corrected chi connectivity index (χ1v) is 9.43. The van der Waals surface area contributed by atoms with Gasteiger partial charge in [0.2, 0.25) is 5.69 Å². The molecular weight excluding hydrogens is 346 g/mol. The first-order chi connectivity index (χ1) is 13.7. The second-order valence-corrected chi connectivity index (χ2v) is 7.35. The number of benzene rings is 3. The quantitative estimate of drug-likeness (QED) is 0.321. The number of furan rings is 2. The van der Waals surface area contributed by atoms with Gasteiger partial charge in [0, 0.05) is 28.3 Å². The van der Waals surface area contributed by atoms with Crippen LogP contribution in [0.3, 0.4) is 0 Å². The molecule has 0 spiro atoms. The zero-order valence-electron chi connectivity index (χ0n) is 15.7. The number of hydrogen-bond donors (Lipinski definition) is 0. The Bertz CT molecular complexity index is 1530. The molecule has 6 rings (SSSR count). The van der Waals surface area contributed by atoms with Crippen molar-refractivity contribution < 1.29 is 13.4 Å². The monoisotopic (exact) mass is 364 g/mol. The Morgan fingerprint density at radius 2 is 1.46 bits per heavy atom. The first kappa shape index (κ1) is 15.5. The van der Waals surface area contributed by atoms with Gasteiger partial charge in [-0.25, -0.2) is 4.57 Å². The van der Waals surface area contributed by atoms with Gasteiger partial charge in [-0.05, 0) is 36.8 Å². The lowest BCUT2D eigenvalue weighted by Gasteiger charge is -2.04. The van der Waals surface area contributed by atoms with E-state index in [9.17, 15) is 0 Å². The Balaban J connectivity index is 1.81. The summed E-state index contributed by atoms with van der Waals surface area (Å²) in [6.45, 7) is 2.13. The maximum absolute atomic E-state index is 6.40. The van der Waals surface area contributed by atoms with E-state index in [1.807, 2.05) is 24.3 Å². The highest BCUT2D eigenvalue weighted by molar-refractivity contribution is 6.23. The summed E-state index contributed by atoms with van der Waals surface area (Å²) in [6, 6.07) is 22.9. The van der Waals surface area contributed by atoms with Crippen LogP contribution in [0.4, 0.5) is 0 Å². The maximum atomic E-state index is 6.40. The van der Waals surface area contributed by atoms with Crippen LogP contribution in [-0.4, -0.2) is 0 Å². The fourth-order valence-corrected chi connectivity index (χ4v) is 4.31. The molecule has 0 aliphatic carbocycles. The lowest BCUT2D eigenvalue weighted by Crippen LogP contribution is -2.30. The molecule has 3 heteroatoms. The second kappa shape index (κ2) is 5.46. The molecule has 3 aromatic carbocycles.